The van der Waals surface area contributed by atoms with Gasteiger partial charge < -0.3 is 24.4 Å². The van der Waals surface area contributed by atoms with Gasteiger partial charge in [0.1, 0.15) is 23.4 Å². The molecule has 1 atom stereocenters. The van der Waals surface area contributed by atoms with Gasteiger partial charge in [-0.3, -0.25) is 9.89 Å². The molecule has 11 nitrogen and oxygen atoms in total. The van der Waals surface area contributed by atoms with Crippen LogP contribution in [0, 0.1) is 0 Å². The van der Waals surface area contributed by atoms with E-state index in [-0.39, 0.29) is 23.7 Å². The van der Waals surface area contributed by atoms with Gasteiger partial charge in [0, 0.05) is 38.4 Å². The third-order valence-electron chi connectivity index (χ3n) is 5.93. The van der Waals surface area contributed by atoms with Crippen molar-refractivity contribution < 1.29 is 27.8 Å². The van der Waals surface area contributed by atoms with Crippen LogP contribution in [0.3, 0.4) is 0 Å². The number of ether oxygens (including phenoxy) is 3. The van der Waals surface area contributed by atoms with Crippen LogP contribution in [-0.4, -0.2) is 84.0 Å². The number of anilines is 1. The van der Waals surface area contributed by atoms with Crippen molar-refractivity contribution in [2.45, 2.75) is 38.2 Å². The molecular formula is C23H29F2N7O4. The zero-order chi connectivity index (χ0) is 25.7. The minimum absolute atomic E-state index is 0.0181. The Morgan fingerprint density at radius 3 is 2.75 bits per heavy atom. The number of rotatable bonds is 10. The molecule has 0 unspecified atom stereocenters. The molecule has 4 heterocycles. The fourth-order valence-electron chi connectivity index (χ4n) is 4.25. The van der Waals surface area contributed by atoms with Gasteiger partial charge in [-0.25, -0.2) is 13.8 Å². The van der Waals surface area contributed by atoms with Crippen molar-refractivity contribution in [2.24, 2.45) is 0 Å². The van der Waals surface area contributed by atoms with Crippen LogP contribution in [0.4, 0.5) is 14.6 Å². The molecule has 0 radical (unpaired) electrons. The topological polar surface area (TPSA) is 127 Å². The summed E-state index contributed by atoms with van der Waals surface area (Å²) in [6.45, 7) is 2.56. The van der Waals surface area contributed by atoms with Gasteiger partial charge in [-0.2, -0.15) is 15.1 Å². The van der Waals surface area contributed by atoms with Crippen LogP contribution >= 0.6 is 0 Å². The largest absolute Gasteiger partial charge is 0.496 e. The zero-order valence-electron chi connectivity index (χ0n) is 20.3. The normalized spacial score (nSPS) is 15.3. The van der Waals surface area contributed by atoms with E-state index in [1.54, 1.807) is 27.3 Å². The SMILES string of the molecule is COC[C@@H](C)Oc1nc(C(=O)NCC(F)F)cc(N2CCC(c3n[nH]c4nccc(OC)c34)CC2)n1. The molecule has 3 aromatic heterocycles. The highest BCUT2D eigenvalue weighted by atomic mass is 19.3. The number of carbonyl (C=O) groups is 1. The van der Waals surface area contributed by atoms with Crippen molar-refractivity contribution in [1.29, 1.82) is 0 Å². The summed E-state index contributed by atoms with van der Waals surface area (Å²) in [6.07, 6.45) is 0.169. The first kappa shape index (κ1) is 25.5. The Morgan fingerprint density at radius 2 is 2.06 bits per heavy atom. The summed E-state index contributed by atoms with van der Waals surface area (Å²) in [7, 11) is 3.16. The molecule has 0 spiro atoms. The Hall–Kier alpha value is -3.61. The van der Waals surface area contributed by atoms with Gasteiger partial charge in [-0.15, -0.1) is 0 Å². The molecule has 3 aromatic rings. The molecule has 0 bridgehead atoms. The lowest BCUT2D eigenvalue weighted by Gasteiger charge is -2.32. The fraction of sp³-hybridized carbons (Fsp3) is 0.522. The number of piperidine rings is 1. The van der Waals surface area contributed by atoms with E-state index in [0.717, 1.165) is 23.9 Å². The number of alkyl halides is 2. The highest BCUT2D eigenvalue weighted by Gasteiger charge is 2.28. The van der Waals surface area contributed by atoms with E-state index in [0.29, 0.717) is 36.9 Å². The minimum Gasteiger partial charge on any atom is -0.496 e. The monoisotopic (exact) mass is 505 g/mol. The molecule has 0 aliphatic carbocycles. The number of fused-ring (bicyclic) bond motifs is 1. The molecule has 194 valence electrons. The summed E-state index contributed by atoms with van der Waals surface area (Å²) in [5.41, 5.74) is 1.53. The van der Waals surface area contributed by atoms with Gasteiger partial charge in [0.05, 0.1) is 31.3 Å². The molecule has 4 rings (SSSR count). The van der Waals surface area contributed by atoms with E-state index in [2.05, 4.69) is 30.5 Å². The summed E-state index contributed by atoms with van der Waals surface area (Å²) >= 11 is 0. The van der Waals surface area contributed by atoms with Gasteiger partial charge in [0.2, 0.25) is 0 Å². The van der Waals surface area contributed by atoms with Crippen molar-refractivity contribution in [1.82, 2.24) is 30.5 Å². The fourth-order valence-corrected chi connectivity index (χ4v) is 4.25. The van der Waals surface area contributed by atoms with E-state index in [9.17, 15) is 13.6 Å². The highest BCUT2D eigenvalue weighted by molar-refractivity contribution is 5.93. The Kier molecular flexibility index (Phi) is 8.08. The van der Waals surface area contributed by atoms with Gasteiger partial charge >= 0.3 is 6.01 Å². The minimum atomic E-state index is -2.67. The Bertz CT molecular complexity index is 1180. The van der Waals surface area contributed by atoms with Crippen LogP contribution in [0.2, 0.25) is 0 Å². The lowest BCUT2D eigenvalue weighted by Crippen LogP contribution is -2.35. The average Bonchev–Trinajstić information content (AvgIpc) is 3.31. The van der Waals surface area contributed by atoms with Gasteiger partial charge in [-0.1, -0.05) is 0 Å². The first-order valence-electron chi connectivity index (χ1n) is 11.6. The third-order valence-corrected chi connectivity index (χ3v) is 5.93. The van der Waals surface area contributed by atoms with Gasteiger partial charge in [-0.05, 0) is 25.8 Å². The maximum atomic E-state index is 12.6. The van der Waals surface area contributed by atoms with E-state index < -0.39 is 18.9 Å². The van der Waals surface area contributed by atoms with E-state index in [4.69, 9.17) is 14.2 Å². The summed E-state index contributed by atoms with van der Waals surface area (Å²) in [6, 6.07) is 3.28. The number of pyridine rings is 1. The molecule has 1 aliphatic rings. The number of aromatic amines is 1. The molecule has 13 heteroatoms. The predicted octanol–water partition coefficient (Wildman–Crippen LogP) is 2.55. The summed E-state index contributed by atoms with van der Waals surface area (Å²) in [5.74, 6) is 0.645. The second-order valence-electron chi connectivity index (χ2n) is 8.49. The lowest BCUT2D eigenvalue weighted by molar-refractivity contribution is 0.0833. The second-order valence-corrected chi connectivity index (χ2v) is 8.49. The zero-order valence-corrected chi connectivity index (χ0v) is 20.3. The Balaban J connectivity index is 1.53. The van der Waals surface area contributed by atoms with Crippen LogP contribution < -0.4 is 19.7 Å². The number of carbonyl (C=O) groups excluding carboxylic acids is 1. The number of amides is 1. The number of hydrogen-bond acceptors (Lipinski definition) is 9. The van der Waals surface area contributed by atoms with Crippen molar-refractivity contribution >= 4 is 22.8 Å². The van der Waals surface area contributed by atoms with E-state index in [1.165, 1.54) is 6.07 Å². The predicted molar refractivity (Wildman–Crippen MR) is 127 cm³/mol. The van der Waals surface area contributed by atoms with Crippen LogP contribution in [0.25, 0.3) is 11.0 Å². The second kappa shape index (κ2) is 11.4. The van der Waals surface area contributed by atoms with Crippen molar-refractivity contribution in [3.63, 3.8) is 0 Å². The molecule has 1 fully saturated rings. The molecule has 0 aromatic carbocycles. The first-order chi connectivity index (χ1) is 17.4. The lowest BCUT2D eigenvalue weighted by atomic mass is 9.92. The number of aromatic nitrogens is 5. The number of methoxy groups -OCH3 is 2. The van der Waals surface area contributed by atoms with E-state index in [1.807, 2.05) is 11.0 Å². The van der Waals surface area contributed by atoms with Crippen molar-refractivity contribution in [3.8, 4) is 11.8 Å². The summed E-state index contributed by atoms with van der Waals surface area (Å²) < 4.78 is 41.5. The standard InChI is InChI=1S/C23H29F2N7O4/c1-13(12-34-2)36-23-28-15(22(33)27-11-17(24)25)10-18(29-23)32-8-5-14(6-9-32)20-19-16(35-3)4-7-26-21(19)31-30-20/h4,7,10,13-14,17H,5-6,8-9,11-12H2,1-3H3,(H,27,33)(H,26,30,31)/t13-/m1/s1. The molecule has 0 saturated carbocycles. The van der Waals surface area contributed by atoms with Crippen molar-refractivity contribution in [2.75, 3.05) is 45.4 Å². The third kappa shape index (κ3) is 5.78. The number of hydrogen-bond donors (Lipinski definition) is 2. The molecule has 2 N–H and O–H groups in total. The van der Waals surface area contributed by atoms with Gasteiger partial charge in [0.15, 0.2) is 5.65 Å². The summed E-state index contributed by atoms with van der Waals surface area (Å²) in [5, 5.41) is 10.5. The van der Waals surface area contributed by atoms with E-state index >= 15 is 0 Å². The Morgan fingerprint density at radius 1 is 1.28 bits per heavy atom. The molecule has 1 amide bonds. The molecule has 1 saturated heterocycles. The van der Waals surface area contributed by atoms with Crippen molar-refractivity contribution in [3.05, 3.63) is 29.7 Å². The maximum absolute atomic E-state index is 12.6. The number of nitrogens with zero attached hydrogens (tertiary/aromatic N) is 5. The maximum Gasteiger partial charge on any atom is 0.319 e. The molecular weight excluding hydrogens is 476 g/mol. The molecule has 1 aliphatic heterocycles. The number of H-pyrrole nitrogens is 1. The Labute approximate surface area is 206 Å². The highest BCUT2D eigenvalue weighted by Crippen LogP contribution is 2.36. The van der Waals surface area contributed by atoms with Gasteiger partial charge in [0.25, 0.3) is 12.3 Å². The smallest absolute Gasteiger partial charge is 0.319 e. The quantitative estimate of drug-likeness (QED) is 0.427. The molecule has 36 heavy (non-hydrogen) atoms. The average molecular weight is 506 g/mol. The van der Waals surface area contributed by atoms with Crippen LogP contribution in [0.5, 0.6) is 11.8 Å². The van der Waals surface area contributed by atoms with Crippen LogP contribution in [-0.2, 0) is 4.74 Å². The van der Waals surface area contributed by atoms with Crippen LogP contribution in [0.1, 0.15) is 41.9 Å². The van der Waals surface area contributed by atoms with Crippen LogP contribution in [0.15, 0.2) is 18.3 Å². The number of nitrogens with one attached hydrogen (secondary N) is 2. The number of halogens is 2. The summed E-state index contributed by atoms with van der Waals surface area (Å²) in [4.78, 5) is 27.4. The first-order valence-corrected chi connectivity index (χ1v) is 11.6.